The van der Waals surface area contributed by atoms with Gasteiger partial charge < -0.3 is 5.73 Å². The van der Waals surface area contributed by atoms with Gasteiger partial charge in [0, 0.05) is 11.9 Å². The minimum absolute atomic E-state index is 0.363. The average molecular weight is 137 g/mol. The highest BCUT2D eigenvalue weighted by Gasteiger charge is 1.96. The zero-order valence-corrected chi connectivity index (χ0v) is 6.26. The van der Waals surface area contributed by atoms with Gasteiger partial charge in [-0.3, -0.25) is 0 Å². The molecule has 3 heteroatoms. The van der Waals surface area contributed by atoms with Crippen LogP contribution in [0.3, 0.4) is 0 Å². The molecule has 0 bridgehead atoms. The first-order chi connectivity index (χ1) is 4.74. The lowest BCUT2D eigenvalue weighted by atomic mass is 10.2. The van der Waals surface area contributed by atoms with Crippen LogP contribution in [-0.2, 0) is 6.42 Å². The van der Waals surface area contributed by atoms with Crippen molar-refractivity contribution < 1.29 is 0 Å². The van der Waals surface area contributed by atoms with Crippen molar-refractivity contribution in [2.45, 2.75) is 20.3 Å². The highest BCUT2D eigenvalue weighted by atomic mass is 15.0. The molecule has 1 heterocycles. The molecule has 2 N–H and O–H groups in total. The first-order valence-electron chi connectivity index (χ1n) is 3.32. The molecule has 0 aliphatic heterocycles. The zero-order valence-electron chi connectivity index (χ0n) is 6.26. The van der Waals surface area contributed by atoms with Crippen molar-refractivity contribution in [1.82, 2.24) is 9.97 Å². The Kier molecular flexibility index (Phi) is 1.85. The van der Waals surface area contributed by atoms with Gasteiger partial charge in [-0.25, -0.2) is 9.97 Å². The fourth-order valence-electron chi connectivity index (χ4n) is 0.851. The molecule has 1 aromatic heterocycles. The summed E-state index contributed by atoms with van der Waals surface area (Å²) in [4.78, 5) is 7.91. The highest BCUT2D eigenvalue weighted by molar-refractivity contribution is 5.23. The fraction of sp³-hybridized carbons (Fsp3) is 0.429. The summed E-state index contributed by atoms with van der Waals surface area (Å²) in [5, 5.41) is 0. The molecule has 0 aromatic carbocycles. The number of aromatic nitrogens is 2. The van der Waals surface area contributed by atoms with Gasteiger partial charge in [0.2, 0.25) is 5.95 Å². The van der Waals surface area contributed by atoms with E-state index in [4.69, 9.17) is 5.73 Å². The first kappa shape index (κ1) is 6.99. The van der Waals surface area contributed by atoms with Gasteiger partial charge in [-0.05, 0) is 18.9 Å². The molecule has 0 saturated carbocycles. The van der Waals surface area contributed by atoms with Gasteiger partial charge in [-0.1, -0.05) is 6.92 Å². The van der Waals surface area contributed by atoms with E-state index in [1.54, 1.807) is 6.20 Å². The van der Waals surface area contributed by atoms with E-state index in [0.717, 1.165) is 17.7 Å². The van der Waals surface area contributed by atoms with Crippen LogP contribution in [0.25, 0.3) is 0 Å². The van der Waals surface area contributed by atoms with E-state index in [-0.39, 0.29) is 0 Å². The van der Waals surface area contributed by atoms with Crippen molar-refractivity contribution in [3.05, 3.63) is 17.5 Å². The maximum atomic E-state index is 5.38. The van der Waals surface area contributed by atoms with Crippen molar-refractivity contribution in [2.24, 2.45) is 0 Å². The summed E-state index contributed by atoms with van der Waals surface area (Å²) >= 11 is 0. The van der Waals surface area contributed by atoms with Crippen molar-refractivity contribution >= 4 is 5.95 Å². The third-order valence-corrected chi connectivity index (χ3v) is 1.43. The van der Waals surface area contributed by atoms with E-state index in [0.29, 0.717) is 5.95 Å². The largest absolute Gasteiger partial charge is 0.368 e. The van der Waals surface area contributed by atoms with Crippen molar-refractivity contribution in [3.63, 3.8) is 0 Å². The van der Waals surface area contributed by atoms with E-state index in [1.807, 2.05) is 6.92 Å². The van der Waals surface area contributed by atoms with Gasteiger partial charge in [0.25, 0.3) is 0 Å². The second-order valence-electron chi connectivity index (χ2n) is 2.21. The number of rotatable bonds is 1. The standard InChI is InChI=1S/C7H11N3/c1-3-6-5(2)4-9-7(8)10-6/h4H,3H2,1-2H3,(H2,8,9,10). The van der Waals surface area contributed by atoms with Crippen LogP contribution in [-0.4, -0.2) is 9.97 Å². The van der Waals surface area contributed by atoms with E-state index in [1.165, 1.54) is 0 Å². The van der Waals surface area contributed by atoms with Crippen LogP contribution >= 0.6 is 0 Å². The molecule has 0 aliphatic carbocycles. The van der Waals surface area contributed by atoms with Gasteiger partial charge >= 0.3 is 0 Å². The van der Waals surface area contributed by atoms with E-state index in [2.05, 4.69) is 16.9 Å². The number of nitrogens with two attached hydrogens (primary N) is 1. The predicted octanol–water partition coefficient (Wildman–Crippen LogP) is 0.930. The molecular weight excluding hydrogens is 126 g/mol. The topological polar surface area (TPSA) is 51.8 Å². The fourth-order valence-corrected chi connectivity index (χ4v) is 0.851. The van der Waals surface area contributed by atoms with Gasteiger partial charge in [0.15, 0.2) is 0 Å². The van der Waals surface area contributed by atoms with E-state index >= 15 is 0 Å². The van der Waals surface area contributed by atoms with Gasteiger partial charge in [-0.15, -0.1) is 0 Å². The molecule has 54 valence electrons. The summed E-state index contributed by atoms with van der Waals surface area (Å²) in [5.41, 5.74) is 7.52. The number of aryl methyl sites for hydroxylation is 2. The Bertz CT molecular complexity index is 232. The Balaban J connectivity index is 3.09. The zero-order chi connectivity index (χ0) is 7.56. The molecular formula is C7H11N3. The molecule has 0 aliphatic rings. The Morgan fingerprint density at radius 3 is 2.80 bits per heavy atom. The molecule has 0 atom stereocenters. The van der Waals surface area contributed by atoms with E-state index in [9.17, 15) is 0 Å². The molecule has 1 aromatic rings. The monoisotopic (exact) mass is 137 g/mol. The highest BCUT2D eigenvalue weighted by Crippen LogP contribution is 2.04. The second-order valence-corrected chi connectivity index (χ2v) is 2.21. The lowest BCUT2D eigenvalue weighted by Crippen LogP contribution is -1.99. The van der Waals surface area contributed by atoms with Crippen molar-refractivity contribution in [2.75, 3.05) is 5.73 Å². The SMILES string of the molecule is CCc1nc(N)ncc1C. The van der Waals surface area contributed by atoms with Crippen LogP contribution in [0.4, 0.5) is 5.95 Å². The summed E-state index contributed by atoms with van der Waals surface area (Å²) in [5.74, 6) is 0.363. The Morgan fingerprint density at radius 2 is 2.30 bits per heavy atom. The smallest absolute Gasteiger partial charge is 0.220 e. The normalized spacial score (nSPS) is 9.80. The van der Waals surface area contributed by atoms with Gasteiger partial charge in [-0.2, -0.15) is 0 Å². The third kappa shape index (κ3) is 1.23. The Morgan fingerprint density at radius 1 is 1.60 bits per heavy atom. The average Bonchev–Trinajstić information content (AvgIpc) is 1.94. The Labute approximate surface area is 60.3 Å². The van der Waals surface area contributed by atoms with Gasteiger partial charge in [0.1, 0.15) is 0 Å². The predicted molar refractivity (Wildman–Crippen MR) is 40.6 cm³/mol. The maximum absolute atomic E-state index is 5.38. The number of hydrogen-bond donors (Lipinski definition) is 1. The second kappa shape index (κ2) is 2.64. The lowest BCUT2D eigenvalue weighted by molar-refractivity contribution is 0.980. The summed E-state index contributed by atoms with van der Waals surface area (Å²) in [6.45, 7) is 4.03. The molecule has 0 amide bonds. The summed E-state index contributed by atoms with van der Waals surface area (Å²) in [7, 11) is 0. The minimum atomic E-state index is 0.363. The number of hydrogen-bond acceptors (Lipinski definition) is 3. The van der Waals surface area contributed by atoms with Crippen molar-refractivity contribution in [1.29, 1.82) is 0 Å². The summed E-state index contributed by atoms with van der Waals surface area (Å²) in [6.07, 6.45) is 2.67. The number of anilines is 1. The number of nitrogen functional groups attached to an aromatic ring is 1. The van der Waals surface area contributed by atoms with Crippen LogP contribution in [0.2, 0.25) is 0 Å². The lowest BCUT2D eigenvalue weighted by Gasteiger charge is -1.99. The third-order valence-electron chi connectivity index (χ3n) is 1.43. The summed E-state index contributed by atoms with van der Waals surface area (Å²) < 4.78 is 0. The minimum Gasteiger partial charge on any atom is -0.368 e. The van der Waals surface area contributed by atoms with Gasteiger partial charge in [0.05, 0.1) is 0 Å². The summed E-state index contributed by atoms with van der Waals surface area (Å²) in [6, 6.07) is 0. The molecule has 1 rings (SSSR count). The van der Waals surface area contributed by atoms with E-state index < -0.39 is 0 Å². The maximum Gasteiger partial charge on any atom is 0.220 e. The first-order valence-corrected chi connectivity index (χ1v) is 3.32. The quantitative estimate of drug-likeness (QED) is 0.626. The molecule has 0 saturated heterocycles. The van der Waals surface area contributed by atoms with Crippen LogP contribution in [0, 0.1) is 6.92 Å². The molecule has 0 spiro atoms. The Hall–Kier alpha value is -1.12. The van der Waals surface area contributed by atoms with Crippen molar-refractivity contribution in [3.8, 4) is 0 Å². The molecule has 0 radical (unpaired) electrons. The number of nitrogens with zero attached hydrogens (tertiary/aromatic N) is 2. The van der Waals surface area contributed by atoms with Crippen LogP contribution in [0.5, 0.6) is 0 Å². The molecule has 3 nitrogen and oxygen atoms in total. The molecule has 10 heavy (non-hydrogen) atoms. The van der Waals surface area contributed by atoms with Crippen LogP contribution < -0.4 is 5.73 Å². The molecule has 0 fully saturated rings. The van der Waals surface area contributed by atoms with Crippen LogP contribution in [0.1, 0.15) is 18.2 Å². The molecule has 0 unspecified atom stereocenters. The van der Waals surface area contributed by atoms with Crippen LogP contribution in [0.15, 0.2) is 6.20 Å².